The Hall–Kier alpha value is -4.37. The average Bonchev–Trinajstić information content (AvgIpc) is 3.47. The normalized spacial score (nSPS) is 11.8. The van der Waals surface area contributed by atoms with Crippen LogP contribution in [0.4, 0.5) is 0 Å². The minimum atomic E-state index is 0.887. The van der Waals surface area contributed by atoms with Crippen molar-refractivity contribution in [3.8, 4) is 22.6 Å². The number of para-hydroxylation sites is 1. The van der Waals surface area contributed by atoms with E-state index in [1.165, 1.54) is 26.9 Å². The van der Waals surface area contributed by atoms with Crippen LogP contribution in [0.5, 0.6) is 0 Å². The number of nitrogens with one attached hydrogen (secondary N) is 2. The molecule has 0 saturated heterocycles. The molecule has 0 saturated carbocycles. The molecule has 150 valence electrons. The van der Waals surface area contributed by atoms with Crippen molar-refractivity contribution in [1.29, 1.82) is 0 Å². The molecule has 0 fully saturated rings. The number of fused-ring (bicyclic) bond motifs is 7. The predicted octanol–water partition coefficient (Wildman–Crippen LogP) is 7.68. The molecule has 2 N–H and O–H groups in total. The molecule has 0 bridgehead atoms. The molecular weight excluding hydrogens is 390 g/mol. The van der Waals surface area contributed by atoms with Gasteiger partial charge >= 0.3 is 0 Å². The maximum atomic E-state index is 5.19. The van der Waals surface area contributed by atoms with Crippen molar-refractivity contribution in [1.82, 2.24) is 15.0 Å². The molecule has 0 radical (unpaired) electrons. The largest absolute Gasteiger partial charge is 0.354 e. The van der Waals surface area contributed by atoms with E-state index in [1.807, 2.05) is 6.07 Å². The van der Waals surface area contributed by atoms with E-state index in [4.69, 9.17) is 4.98 Å². The summed E-state index contributed by atoms with van der Waals surface area (Å²) >= 11 is 0. The summed E-state index contributed by atoms with van der Waals surface area (Å²) in [6.07, 6.45) is 0. The summed E-state index contributed by atoms with van der Waals surface area (Å²) in [5.74, 6) is 0.887. The third kappa shape index (κ3) is 2.39. The van der Waals surface area contributed by atoms with E-state index in [2.05, 4.69) is 107 Å². The zero-order valence-corrected chi connectivity index (χ0v) is 17.3. The second-order valence-electron chi connectivity index (χ2n) is 8.19. The van der Waals surface area contributed by atoms with Gasteiger partial charge in [0.2, 0.25) is 0 Å². The molecule has 2 heterocycles. The number of hydrogen-bond acceptors (Lipinski definition) is 1. The Balaban J connectivity index is 1.63. The van der Waals surface area contributed by atoms with Crippen molar-refractivity contribution in [2.45, 2.75) is 0 Å². The third-order valence-corrected chi connectivity index (χ3v) is 6.38. The molecule has 5 aromatic carbocycles. The first-order valence-electron chi connectivity index (χ1n) is 10.8. The fourth-order valence-corrected chi connectivity index (χ4v) is 4.95. The van der Waals surface area contributed by atoms with E-state index in [0.717, 1.165) is 39.2 Å². The van der Waals surface area contributed by atoms with Crippen LogP contribution in [0.1, 0.15) is 0 Å². The van der Waals surface area contributed by atoms with Gasteiger partial charge in [-0.15, -0.1) is 0 Å². The molecule has 3 nitrogen and oxygen atoms in total. The molecule has 7 rings (SSSR count). The minimum Gasteiger partial charge on any atom is -0.354 e. The summed E-state index contributed by atoms with van der Waals surface area (Å²) in [7, 11) is 0. The summed E-state index contributed by atoms with van der Waals surface area (Å²) < 4.78 is 0. The fraction of sp³-hybridized carbons (Fsp3) is 0. The molecule has 0 unspecified atom stereocenters. The van der Waals surface area contributed by atoms with Gasteiger partial charge in [0.1, 0.15) is 5.82 Å². The lowest BCUT2D eigenvalue weighted by Gasteiger charge is -2.05. The third-order valence-electron chi connectivity index (χ3n) is 6.38. The Morgan fingerprint density at radius 2 is 1.09 bits per heavy atom. The Bertz CT molecular complexity index is 1700. The first kappa shape index (κ1) is 17.3. The van der Waals surface area contributed by atoms with Crippen LogP contribution in [0.15, 0.2) is 103 Å². The summed E-state index contributed by atoms with van der Waals surface area (Å²) in [4.78, 5) is 12.5. The van der Waals surface area contributed by atoms with E-state index < -0.39 is 0 Å². The van der Waals surface area contributed by atoms with Crippen LogP contribution in [0.25, 0.3) is 66.1 Å². The van der Waals surface area contributed by atoms with Crippen molar-refractivity contribution in [2.75, 3.05) is 0 Å². The molecule has 0 spiro atoms. The molecule has 3 heteroatoms. The van der Waals surface area contributed by atoms with Crippen LogP contribution in [-0.2, 0) is 0 Å². The van der Waals surface area contributed by atoms with Crippen LogP contribution in [-0.4, -0.2) is 15.0 Å². The maximum Gasteiger partial charge on any atom is 0.141 e. The lowest BCUT2D eigenvalue weighted by atomic mass is 10.0. The van der Waals surface area contributed by atoms with E-state index in [1.54, 1.807) is 0 Å². The van der Waals surface area contributed by atoms with Gasteiger partial charge < -0.3 is 9.97 Å². The molecule has 0 aliphatic heterocycles. The SMILES string of the molecule is c1ccc(-c2[nH]c3ccccc3c2-c2nc3c4ccccc4c4ccccc4c3[nH]2)cc1. The van der Waals surface area contributed by atoms with Crippen molar-refractivity contribution >= 4 is 43.5 Å². The average molecular weight is 409 g/mol. The van der Waals surface area contributed by atoms with E-state index >= 15 is 0 Å². The molecule has 0 aliphatic carbocycles. The van der Waals surface area contributed by atoms with Crippen LogP contribution in [0.3, 0.4) is 0 Å². The second-order valence-corrected chi connectivity index (χ2v) is 8.19. The number of rotatable bonds is 2. The zero-order chi connectivity index (χ0) is 21.1. The predicted molar refractivity (Wildman–Crippen MR) is 134 cm³/mol. The van der Waals surface area contributed by atoms with Crippen molar-refractivity contribution in [3.63, 3.8) is 0 Å². The van der Waals surface area contributed by atoms with Crippen molar-refractivity contribution in [2.24, 2.45) is 0 Å². The topological polar surface area (TPSA) is 44.5 Å². The molecule has 7 aromatic rings. The molecule has 2 aromatic heterocycles. The number of imidazole rings is 1. The second kappa shape index (κ2) is 6.56. The first-order valence-corrected chi connectivity index (χ1v) is 10.8. The Labute approximate surface area is 184 Å². The monoisotopic (exact) mass is 409 g/mol. The number of hydrogen-bond donors (Lipinski definition) is 2. The van der Waals surface area contributed by atoms with Gasteiger partial charge in [0.15, 0.2) is 0 Å². The van der Waals surface area contributed by atoms with Crippen LogP contribution in [0.2, 0.25) is 0 Å². The maximum absolute atomic E-state index is 5.19. The fourth-order valence-electron chi connectivity index (χ4n) is 4.95. The van der Waals surface area contributed by atoms with Gasteiger partial charge in [0, 0.05) is 21.7 Å². The quantitative estimate of drug-likeness (QED) is 0.283. The van der Waals surface area contributed by atoms with Crippen LogP contribution >= 0.6 is 0 Å². The van der Waals surface area contributed by atoms with Crippen LogP contribution in [0, 0.1) is 0 Å². The highest BCUT2D eigenvalue weighted by Gasteiger charge is 2.20. The highest BCUT2D eigenvalue weighted by molar-refractivity contribution is 6.23. The summed E-state index contributed by atoms with van der Waals surface area (Å²) in [5, 5.41) is 6.01. The minimum absolute atomic E-state index is 0.887. The summed E-state index contributed by atoms with van der Waals surface area (Å²) in [5.41, 5.74) is 6.54. The summed E-state index contributed by atoms with van der Waals surface area (Å²) in [6, 6.07) is 36.0. The van der Waals surface area contributed by atoms with E-state index in [-0.39, 0.29) is 0 Å². The van der Waals surface area contributed by atoms with Gasteiger partial charge in [-0.2, -0.15) is 0 Å². The lowest BCUT2D eigenvalue weighted by molar-refractivity contribution is 1.34. The number of nitrogens with zero attached hydrogens (tertiary/aromatic N) is 1. The van der Waals surface area contributed by atoms with Gasteiger partial charge in [-0.05, 0) is 22.4 Å². The van der Waals surface area contributed by atoms with Gasteiger partial charge in [-0.3, -0.25) is 0 Å². The van der Waals surface area contributed by atoms with Crippen molar-refractivity contribution in [3.05, 3.63) is 103 Å². The molecule has 0 atom stereocenters. The Morgan fingerprint density at radius 3 is 1.88 bits per heavy atom. The van der Waals surface area contributed by atoms with Gasteiger partial charge in [-0.25, -0.2) is 4.98 Å². The zero-order valence-electron chi connectivity index (χ0n) is 17.3. The standard InChI is InChI=1S/C29H19N3/c1-2-10-18(11-3-1)26-25(23-16-8-9-17-24(23)30-26)29-31-27-21-14-6-4-12-19(21)20-13-5-7-15-22(20)28(27)32-29/h1-17,30H,(H,31,32). The molecule has 0 amide bonds. The number of aromatic amines is 2. The Kier molecular flexibility index (Phi) is 3.55. The van der Waals surface area contributed by atoms with Gasteiger partial charge in [0.05, 0.1) is 22.3 Å². The van der Waals surface area contributed by atoms with Gasteiger partial charge in [0.25, 0.3) is 0 Å². The smallest absolute Gasteiger partial charge is 0.141 e. The summed E-state index contributed by atoms with van der Waals surface area (Å²) in [6.45, 7) is 0. The molecule has 0 aliphatic rings. The van der Waals surface area contributed by atoms with E-state index in [0.29, 0.717) is 0 Å². The Morgan fingerprint density at radius 1 is 0.500 bits per heavy atom. The number of H-pyrrole nitrogens is 2. The van der Waals surface area contributed by atoms with Crippen molar-refractivity contribution < 1.29 is 0 Å². The highest BCUT2D eigenvalue weighted by Crippen LogP contribution is 2.40. The first-order chi connectivity index (χ1) is 15.9. The number of aromatic nitrogens is 3. The molecular formula is C29H19N3. The van der Waals surface area contributed by atoms with E-state index in [9.17, 15) is 0 Å². The highest BCUT2D eigenvalue weighted by atomic mass is 14.9. The number of benzene rings is 5. The molecule has 32 heavy (non-hydrogen) atoms. The lowest BCUT2D eigenvalue weighted by Crippen LogP contribution is -1.84. The van der Waals surface area contributed by atoms with Gasteiger partial charge in [-0.1, -0.05) is 97.1 Å². The van der Waals surface area contributed by atoms with Crippen LogP contribution < -0.4 is 0 Å².